The average molecular weight is 365 g/mol. The van der Waals surface area contributed by atoms with Gasteiger partial charge in [0.2, 0.25) is 0 Å². The van der Waals surface area contributed by atoms with Crippen molar-refractivity contribution in [2.75, 3.05) is 0 Å². The normalized spacial score (nSPS) is 11.6. The Morgan fingerprint density at radius 2 is 1.78 bits per heavy atom. The number of carbonyl (C=O) groups is 2. The molecule has 1 N–H and O–H groups in total. The molecule has 2 heterocycles. The lowest BCUT2D eigenvalue weighted by molar-refractivity contribution is -0.123. The highest BCUT2D eigenvalue weighted by Crippen LogP contribution is 2.15. The third-order valence-electron chi connectivity index (χ3n) is 3.92. The van der Waals surface area contributed by atoms with Gasteiger partial charge < -0.3 is 5.32 Å². The Morgan fingerprint density at radius 1 is 1.04 bits per heavy atom. The Morgan fingerprint density at radius 3 is 2.44 bits per heavy atom. The van der Waals surface area contributed by atoms with Crippen LogP contribution in [-0.2, 0) is 11.3 Å². The van der Waals surface area contributed by atoms with Crippen LogP contribution in [0.25, 0.3) is 0 Å². The summed E-state index contributed by atoms with van der Waals surface area (Å²) in [5.74, 6) is -1.76. The van der Waals surface area contributed by atoms with Crippen molar-refractivity contribution < 1.29 is 14.0 Å². The first-order chi connectivity index (χ1) is 13.1. The maximum Gasteiger partial charge on any atom is 0.251 e. The van der Waals surface area contributed by atoms with Gasteiger partial charge in [0.05, 0.1) is 12.2 Å². The van der Waals surface area contributed by atoms with Crippen LogP contribution in [-0.4, -0.2) is 21.2 Å². The number of benzene rings is 1. The van der Waals surface area contributed by atoms with Crippen LogP contribution in [0.3, 0.4) is 0 Å². The summed E-state index contributed by atoms with van der Waals surface area (Å²) in [4.78, 5) is 42.0. The van der Waals surface area contributed by atoms with Crippen molar-refractivity contribution in [3.8, 4) is 0 Å². The number of hydrogen-bond donors (Lipinski definition) is 1. The lowest BCUT2D eigenvalue weighted by Gasteiger charge is -2.18. The monoisotopic (exact) mass is 365 g/mol. The predicted molar refractivity (Wildman–Crippen MR) is 96.6 cm³/mol. The standard InChI is InChI=1S/C20H16FN3O3/c21-15-9-7-14(8-10-15)19(26)18(24-12-4-2-6-17(24)25)20(27)23-13-16-5-1-3-11-22-16/h1-12,18H,13H2,(H,23,27)/t18-/m0/s1. The molecular weight excluding hydrogens is 349 g/mol. The van der Waals surface area contributed by atoms with Gasteiger partial charge in [0.1, 0.15) is 5.82 Å². The fraction of sp³-hybridized carbons (Fsp3) is 0.100. The van der Waals surface area contributed by atoms with Crippen molar-refractivity contribution in [1.82, 2.24) is 14.9 Å². The molecule has 0 aliphatic rings. The summed E-state index contributed by atoms with van der Waals surface area (Å²) in [6, 6.07) is 13.0. The maximum atomic E-state index is 13.2. The van der Waals surface area contributed by atoms with E-state index in [4.69, 9.17) is 0 Å². The molecule has 136 valence electrons. The highest BCUT2D eigenvalue weighted by atomic mass is 19.1. The Bertz CT molecular complexity index is 1000. The van der Waals surface area contributed by atoms with Crippen LogP contribution in [0, 0.1) is 5.82 Å². The van der Waals surface area contributed by atoms with Gasteiger partial charge in [0, 0.05) is 24.0 Å². The molecular formula is C20H16FN3O3. The molecule has 3 rings (SSSR count). The van der Waals surface area contributed by atoms with Gasteiger partial charge in [-0.15, -0.1) is 0 Å². The van der Waals surface area contributed by atoms with E-state index in [1.54, 1.807) is 30.5 Å². The summed E-state index contributed by atoms with van der Waals surface area (Å²) in [5.41, 5.74) is 0.246. The minimum atomic E-state index is -1.41. The first-order valence-electron chi connectivity index (χ1n) is 8.21. The van der Waals surface area contributed by atoms with Gasteiger partial charge in [-0.2, -0.15) is 0 Å². The minimum Gasteiger partial charge on any atom is -0.348 e. The summed E-state index contributed by atoms with van der Waals surface area (Å²) >= 11 is 0. The number of hydrogen-bond acceptors (Lipinski definition) is 4. The van der Waals surface area contributed by atoms with Crippen molar-refractivity contribution in [3.63, 3.8) is 0 Å². The summed E-state index contributed by atoms with van der Waals surface area (Å²) in [6.07, 6.45) is 2.96. The molecule has 3 aromatic rings. The lowest BCUT2D eigenvalue weighted by Crippen LogP contribution is -2.41. The molecule has 0 radical (unpaired) electrons. The number of nitrogens with zero attached hydrogens (tertiary/aromatic N) is 2. The zero-order chi connectivity index (χ0) is 19.2. The van der Waals surface area contributed by atoms with Crippen LogP contribution >= 0.6 is 0 Å². The number of pyridine rings is 2. The molecule has 0 saturated carbocycles. The molecule has 27 heavy (non-hydrogen) atoms. The second-order valence-corrected chi connectivity index (χ2v) is 5.76. The average Bonchev–Trinajstić information content (AvgIpc) is 2.69. The largest absolute Gasteiger partial charge is 0.348 e. The van der Waals surface area contributed by atoms with E-state index in [1.807, 2.05) is 0 Å². The quantitative estimate of drug-likeness (QED) is 0.536. The van der Waals surface area contributed by atoms with E-state index in [-0.39, 0.29) is 12.1 Å². The van der Waals surface area contributed by atoms with Crippen molar-refractivity contribution in [2.24, 2.45) is 0 Å². The fourth-order valence-electron chi connectivity index (χ4n) is 2.57. The molecule has 0 spiro atoms. The second-order valence-electron chi connectivity index (χ2n) is 5.76. The smallest absolute Gasteiger partial charge is 0.251 e. The fourth-order valence-corrected chi connectivity index (χ4v) is 2.57. The molecule has 0 bridgehead atoms. The van der Waals surface area contributed by atoms with E-state index < -0.39 is 29.1 Å². The zero-order valence-electron chi connectivity index (χ0n) is 14.2. The van der Waals surface area contributed by atoms with E-state index in [0.29, 0.717) is 5.69 Å². The number of nitrogens with one attached hydrogen (secondary N) is 1. The van der Waals surface area contributed by atoms with Crippen molar-refractivity contribution in [1.29, 1.82) is 0 Å². The van der Waals surface area contributed by atoms with Gasteiger partial charge in [0.25, 0.3) is 11.5 Å². The van der Waals surface area contributed by atoms with Crippen LogP contribution in [0.2, 0.25) is 0 Å². The summed E-state index contributed by atoms with van der Waals surface area (Å²) in [5, 5.41) is 2.63. The number of carbonyl (C=O) groups excluding carboxylic acids is 2. The van der Waals surface area contributed by atoms with Gasteiger partial charge >= 0.3 is 0 Å². The first-order valence-corrected chi connectivity index (χ1v) is 8.21. The number of ketones is 1. The van der Waals surface area contributed by atoms with Crippen LogP contribution in [0.4, 0.5) is 4.39 Å². The second kappa shape index (κ2) is 8.18. The predicted octanol–water partition coefficient (Wildman–Crippen LogP) is 2.12. The molecule has 7 heteroatoms. The Labute approximate surface area is 154 Å². The van der Waals surface area contributed by atoms with Crippen LogP contribution in [0.15, 0.2) is 77.9 Å². The van der Waals surface area contributed by atoms with E-state index in [2.05, 4.69) is 10.3 Å². The summed E-state index contributed by atoms with van der Waals surface area (Å²) in [7, 11) is 0. The molecule has 1 amide bonds. The number of aromatic nitrogens is 2. The zero-order valence-corrected chi connectivity index (χ0v) is 14.2. The summed E-state index contributed by atoms with van der Waals surface area (Å²) < 4.78 is 14.2. The Balaban J connectivity index is 1.91. The van der Waals surface area contributed by atoms with Crippen LogP contribution in [0.5, 0.6) is 0 Å². The minimum absolute atomic E-state index is 0.106. The Kier molecular flexibility index (Phi) is 5.51. The third kappa shape index (κ3) is 4.33. The van der Waals surface area contributed by atoms with Gasteiger partial charge in [-0.05, 0) is 42.5 Å². The topological polar surface area (TPSA) is 81.1 Å². The maximum absolute atomic E-state index is 13.2. The van der Waals surface area contributed by atoms with Crippen molar-refractivity contribution >= 4 is 11.7 Å². The number of amides is 1. The van der Waals surface area contributed by atoms with E-state index in [0.717, 1.165) is 16.7 Å². The molecule has 0 aliphatic heterocycles. The number of halogens is 1. The third-order valence-corrected chi connectivity index (χ3v) is 3.92. The van der Waals surface area contributed by atoms with E-state index >= 15 is 0 Å². The van der Waals surface area contributed by atoms with Crippen molar-refractivity contribution in [2.45, 2.75) is 12.6 Å². The molecule has 0 saturated heterocycles. The first kappa shape index (κ1) is 18.2. The highest BCUT2D eigenvalue weighted by molar-refractivity contribution is 6.11. The molecule has 1 aromatic carbocycles. The number of rotatable bonds is 6. The van der Waals surface area contributed by atoms with E-state index in [9.17, 15) is 18.8 Å². The molecule has 1 atom stereocenters. The SMILES string of the molecule is O=C(NCc1ccccn1)[C@H](C(=O)c1ccc(F)cc1)n1ccccc1=O. The molecule has 2 aromatic heterocycles. The lowest BCUT2D eigenvalue weighted by atomic mass is 10.0. The molecule has 6 nitrogen and oxygen atoms in total. The van der Waals surface area contributed by atoms with E-state index in [1.165, 1.54) is 30.5 Å². The van der Waals surface area contributed by atoms with Crippen LogP contribution < -0.4 is 10.9 Å². The van der Waals surface area contributed by atoms with Crippen LogP contribution in [0.1, 0.15) is 22.1 Å². The highest BCUT2D eigenvalue weighted by Gasteiger charge is 2.30. The van der Waals surface area contributed by atoms with Gasteiger partial charge in [-0.25, -0.2) is 4.39 Å². The summed E-state index contributed by atoms with van der Waals surface area (Å²) in [6.45, 7) is 0.106. The van der Waals surface area contributed by atoms with Gasteiger partial charge in [-0.1, -0.05) is 12.1 Å². The van der Waals surface area contributed by atoms with Crippen molar-refractivity contribution in [3.05, 3.63) is 100 Å². The molecule has 0 unspecified atom stereocenters. The molecule has 0 fully saturated rings. The van der Waals surface area contributed by atoms with Gasteiger partial charge in [-0.3, -0.25) is 23.9 Å². The molecule has 0 aliphatic carbocycles. The van der Waals surface area contributed by atoms with Gasteiger partial charge in [0.15, 0.2) is 11.8 Å². The number of Topliss-reactive ketones (excluding diaryl/α,β-unsaturated/α-hetero) is 1. The Hall–Kier alpha value is -3.61.